The maximum absolute atomic E-state index is 13.1. The standard InChI is InChI=1S/C23H23ClF3N3O2/c1-14(2)32-20-7-5-4-6-18(20)21(16-8-10-17(24)11-9-16)28-22(31)19-12-15(3)29-30(19)13-23(25,26)27/h4-12,14,21H,13H2,1-3H3,(H,28,31). The molecule has 32 heavy (non-hydrogen) atoms. The number of nitrogens with one attached hydrogen (secondary N) is 1. The molecule has 0 spiro atoms. The Bertz CT molecular complexity index is 1080. The number of aryl methyl sites for hydroxylation is 1. The third-order valence-electron chi connectivity index (χ3n) is 4.54. The Morgan fingerprint density at radius 3 is 2.44 bits per heavy atom. The Balaban J connectivity index is 2.02. The first-order valence-corrected chi connectivity index (χ1v) is 10.3. The van der Waals surface area contributed by atoms with E-state index >= 15 is 0 Å². The zero-order valence-electron chi connectivity index (χ0n) is 17.8. The lowest BCUT2D eigenvalue weighted by molar-refractivity contribution is -0.142. The number of aromatic nitrogens is 2. The Hall–Kier alpha value is -3.00. The summed E-state index contributed by atoms with van der Waals surface area (Å²) in [6, 6.07) is 14.7. The maximum atomic E-state index is 13.1. The number of carbonyl (C=O) groups is 1. The van der Waals surface area contributed by atoms with Crippen molar-refractivity contribution >= 4 is 17.5 Å². The van der Waals surface area contributed by atoms with Gasteiger partial charge in [-0.15, -0.1) is 0 Å². The van der Waals surface area contributed by atoms with Crippen LogP contribution in [0.25, 0.3) is 0 Å². The molecule has 1 amide bonds. The van der Waals surface area contributed by atoms with Gasteiger partial charge >= 0.3 is 6.18 Å². The van der Waals surface area contributed by atoms with Crippen molar-refractivity contribution in [1.82, 2.24) is 15.1 Å². The largest absolute Gasteiger partial charge is 0.491 e. The fraction of sp³-hybridized carbons (Fsp3) is 0.304. The van der Waals surface area contributed by atoms with Crippen LogP contribution in [0, 0.1) is 6.92 Å². The molecular formula is C23H23ClF3N3O2. The van der Waals surface area contributed by atoms with E-state index in [2.05, 4.69) is 10.4 Å². The highest BCUT2D eigenvalue weighted by atomic mass is 35.5. The third kappa shape index (κ3) is 6.03. The molecule has 1 heterocycles. The van der Waals surface area contributed by atoms with Crippen LogP contribution in [-0.4, -0.2) is 28.0 Å². The molecule has 2 aromatic carbocycles. The summed E-state index contributed by atoms with van der Waals surface area (Å²) >= 11 is 6.02. The number of alkyl halides is 3. The molecular weight excluding hydrogens is 443 g/mol. The predicted molar refractivity (Wildman–Crippen MR) is 116 cm³/mol. The van der Waals surface area contributed by atoms with E-state index in [4.69, 9.17) is 16.3 Å². The van der Waals surface area contributed by atoms with Crippen LogP contribution >= 0.6 is 11.6 Å². The van der Waals surface area contributed by atoms with Crippen LogP contribution in [0.1, 0.15) is 47.2 Å². The number of amides is 1. The van der Waals surface area contributed by atoms with Gasteiger partial charge in [0.2, 0.25) is 0 Å². The molecule has 0 saturated heterocycles. The van der Waals surface area contributed by atoms with Crippen LogP contribution in [0.3, 0.4) is 0 Å². The SMILES string of the molecule is Cc1cc(C(=O)NC(c2ccc(Cl)cc2)c2ccccc2OC(C)C)n(CC(F)(F)F)n1. The first kappa shape index (κ1) is 23.7. The van der Waals surface area contributed by atoms with Gasteiger partial charge in [0.15, 0.2) is 0 Å². The second-order valence-corrected chi connectivity index (χ2v) is 8.04. The van der Waals surface area contributed by atoms with Crippen molar-refractivity contribution in [2.24, 2.45) is 0 Å². The van der Waals surface area contributed by atoms with Crippen LogP contribution in [-0.2, 0) is 6.54 Å². The van der Waals surface area contributed by atoms with Crippen LogP contribution < -0.4 is 10.1 Å². The average Bonchev–Trinajstić information content (AvgIpc) is 3.05. The van der Waals surface area contributed by atoms with Gasteiger partial charge in [0.25, 0.3) is 5.91 Å². The zero-order chi connectivity index (χ0) is 23.5. The van der Waals surface area contributed by atoms with Crippen molar-refractivity contribution in [2.75, 3.05) is 0 Å². The highest BCUT2D eigenvalue weighted by Gasteiger charge is 2.31. The molecule has 1 aromatic heterocycles. The average molecular weight is 466 g/mol. The number of hydrogen-bond donors (Lipinski definition) is 1. The molecule has 1 unspecified atom stereocenters. The molecule has 0 fully saturated rings. The van der Waals surface area contributed by atoms with Crippen molar-refractivity contribution in [1.29, 1.82) is 0 Å². The minimum Gasteiger partial charge on any atom is -0.491 e. The van der Waals surface area contributed by atoms with Crippen molar-refractivity contribution in [3.05, 3.63) is 82.1 Å². The molecule has 0 saturated carbocycles. The lowest BCUT2D eigenvalue weighted by Crippen LogP contribution is -2.33. The fourth-order valence-corrected chi connectivity index (χ4v) is 3.43. The summed E-state index contributed by atoms with van der Waals surface area (Å²) in [5, 5.41) is 7.20. The lowest BCUT2D eigenvalue weighted by atomic mass is 9.97. The van der Waals surface area contributed by atoms with Crippen LogP contribution in [0.4, 0.5) is 13.2 Å². The molecule has 3 aromatic rings. The monoisotopic (exact) mass is 465 g/mol. The van der Waals surface area contributed by atoms with E-state index in [1.54, 1.807) is 42.5 Å². The van der Waals surface area contributed by atoms with Crippen molar-refractivity contribution in [2.45, 2.75) is 45.6 Å². The van der Waals surface area contributed by atoms with E-state index in [-0.39, 0.29) is 11.8 Å². The van der Waals surface area contributed by atoms with Gasteiger partial charge in [0.1, 0.15) is 18.0 Å². The van der Waals surface area contributed by atoms with Crippen LogP contribution in [0.2, 0.25) is 5.02 Å². The Labute approximate surface area is 189 Å². The van der Waals surface area contributed by atoms with Gasteiger partial charge in [0, 0.05) is 10.6 Å². The topological polar surface area (TPSA) is 56.1 Å². The van der Waals surface area contributed by atoms with Crippen LogP contribution in [0.5, 0.6) is 5.75 Å². The summed E-state index contributed by atoms with van der Waals surface area (Å²) in [6.07, 6.45) is -4.63. The lowest BCUT2D eigenvalue weighted by Gasteiger charge is -2.24. The van der Waals surface area contributed by atoms with Gasteiger partial charge in [-0.2, -0.15) is 18.3 Å². The Kier molecular flexibility index (Phi) is 7.13. The number of hydrogen-bond acceptors (Lipinski definition) is 3. The van der Waals surface area contributed by atoms with Gasteiger partial charge in [-0.1, -0.05) is 41.9 Å². The van der Waals surface area contributed by atoms with E-state index in [9.17, 15) is 18.0 Å². The van der Waals surface area contributed by atoms with E-state index in [1.807, 2.05) is 19.9 Å². The highest BCUT2D eigenvalue weighted by Crippen LogP contribution is 2.32. The fourth-order valence-electron chi connectivity index (χ4n) is 3.30. The minimum absolute atomic E-state index is 0.117. The van der Waals surface area contributed by atoms with E-state index in [1.165, 1.54) is 13.0 Å². The quantitative estimate of drug-likeness (QED) is 0.486. The summed E-state index contributed by atoms with van der Waals surface area (Å²) in [4.78, 5) is 13.1. The second kappa shape index (κ2) is 9.65. The number of ether oxygens (including phenoxy) is 1. The molecule has 1 N–H and O–H groups in total. The number of rotatable bonds is 7. The number of para-hydroxylation sites is 1. The zero-order valence-corrected chi connectivity index (χ0v) is 18.5. The number of benzene rings is 2. The molecule has 170 valence electrons. The number of halogens is 4. The summed E-state index contributed by atoms with van der Waals surface area (Å²) in [5.74, 6) is -0.128. The molecule has 9 heteroatoms. The molecule has 3 rings (SSSR count). The van der Waals surface area contributed by atoms with Crippen molar-refractivity contribution in [3.63, 3.8) is 0 Å². The summed E-state index contributed by atoms with van der Waals surface area (Å²) in [5.41, 5.74) is 1.49. The molecule has 0 bridgehead atoms. The third-order valence-corrected chi connectivity index (χ3v) is 4.79. The molecule has 5 nitrogen and oxygen atoms in total. The number of carbonyl (C=O) groups excluding carboxylic acids is 1. The van der Waals surface area contributed by atoms with E-state index < -0.39 is 24.7 Å². The first-order valence-electron chi connectivity index (χ1n) is 9.96. The van der Waals surface area contributed by atoms with Crippen molar-refractivity contribution < 1.29 is 22.7 Å². The summed E-state index contributed by atoms with van der Waals surface area (Å²) in [7, 11) is 0. The number of nitrogens with zero attached hydrogens (tertiary/aromatic N) is 2. The Morgan fingerprint density at radius 2 is 1.81 bits per heavy atom. The predicted octanol–water partition coefficient (Wildman–Crippen LogP) is 5.71. The molecule has 1 atom stereocenters. The van der Waals surface area contributed by atoms with Gasteiger partial charge < -0.3 is 10.1 Å². The Morgan fingerprint density at radius 1 is 1.16 bits per heavy atom. The minimum atomic E-state index is -4.51. The molecule has 0 radical (unpaired) electrons. The van der Waals surface area contributed by atoms with E-state index in [0.29, 0.717) is 32.3 Å². The second-order valence-electron chi connectivity index (χ2n) is 7.61. The first-order chi connectivity index (χ1) is 15.0. The maximum Gasteiger partial charge on any atom is 0.408 e. The molecule has 0 aliphatic rings. The highest BCUT2D eigenvalue weighted by molar-refractivity contribution is 6.30. The smallest absolute Gasteiger partial charge is 0.408 e. The van der Waals surface area contributed by atoms with Crippen LogP contribution in [0.15, 0.2) is 54.6 Å². The van der Waals surface area contributed by atoms with Gasteiger partial charge in [-0.3, -0.25) is 9.48 Å². The normalized spacial score (nSPS) is 12.6. The van der Waals surface area contributed by atoms with Gasteiger partial charge in [-0.25, -0.2) is 0 Å². The summed E-state index contributed by atoms with van der Waals surface area (Å²) in [6.45, 7) is 3.94. The van der Waals surface area contributed by atoms with Gasteiger partial charge in [0.05, 0.1) is 17.8 Å². The molecule has 0 aliphatic carbocycles. The molecule has 0 aliphatic heterocycles. The summed E-state index contributed by atoms with van der Waals surface area (Å²) < 4.78 is 45.5. The van der Waals surface area contributed by atoms with Gasteiger partial charge in [-0.05, 0) is 50.6 Å². The van der Waals surface area contributed by atoms with E-state index in [0.717, 1.165) is 0 Å². The van der Waals surface area contributed by atoms with Crippen molar-refractivity contribution in [3.8, 4) is 5.75 Å².